The van der Waals surface area contributed by atoms with Crippen LogP contribution in [0, 0.1) is 5.92 Å². The minimum Gasteiger partial charge on any atom is -0.481 e. The first kappa shape index (κ1) is 29.1. The van der Waals surface area contributed by atoms with Gasteiger partial charge in [-0.25, -0.2) is 0 Å². The Labute approximate surface area is 185 Å². The molecule has 0 aliphatic carbocycles. The summed E-state index contributed by atoms with van der Waals surface area (Å²) in [5.41, 5.74) is -1.77. The molecule has 0 aromatic heterocycles. The molecule has 0 fully saturated rings. The highest BCUT2D eigenvalue weighted by Crippen LogP contribution is 2.20. The van der Waals surface area contributed by atoms with Crippen molar-refractivity contribution in [3.63, 3.8) is 0 Å². The van der Waals surface area contributed by atoms with E-state index in [1.807, 2.05) is 21.1 Å². The highest BCUT2D eigenvalue weighted by molar-refractivity contribution is 5.90. The number of carbonyl (C=O) groups excluding carboxylic acids is 1. The number of hydrogen-bond donors (Lipinski definition) is 2. The number of aliphatic carboxylic acids is 1. The third-order valence-corrected chi connectivity index (χ3v) is 5.63. The van der Waals surface area contributed by atoms with Crippen LogP contribution in [0.4, 0.5) is 0 Å². The number of nitrogens with zero attached hydrogens (tertiary/aromatic N) is 1. The first-order valence-electron chi connectivity index (χ1n) is 12.2. The Morgan fingerprint density at radius 2 is 1.17 bits per heavy atom. The van der Waals surface area contributed by atoms with Crippen molar-refractivity contribution in [1.29, 1.82) is 0 Å². The van der Waals surface area contributed by atoms with Gasteiger partial charge in [-0.2, -0.15) is 0 Å². The smallest absolute Gasteiger partial charge is 0.306 e. The maximum Gasteiger partial charge on any atom is 0.306 e. The number of aliphatic hydroxyl groups is 1. The van der Waals surface area contributed by atoms with Gasteiger partial charge in [0.1, 0.15) is 6.54 Å². The largest absolute Gasteiger partial charge is 0.481 e. The van der Waals surface area contributed by atoms with Gasteiger partial charge in [-0.3, -0.25) is 9.59 Å². The Hall–Kier alpha value is -0.940. The van der Waals surface area contributed by atoms with E-state index in [0.717, 1.165) is 25.2 Å². The fourth-order valence-corrected chi connectivity index (χ4v) is 4.12. The Kier molecular flexibility index (Phi) is 15.3. The average Bonchev–Trinajstić information content (AvgIpc) is 2.59. The summed E-state index contributed by atoms with van der Waals surface area (Å²) in [6.07, 6.45) is 15.9. The zero-order chi connectivity index (χ0) is 23.0. The Morgan fingerprint density at radius 1 is 0.767 bits per heavy atom. The standard InChI is InChI=1S/C25H49NO4/c1-22(2)18-16-14-12-10-8-6-7-9-11-13-15-17-19-23(27)25(30,20-24(28)29)21-26(3,4)5/h22,30H,6-21H2,1-5H3/p+1. The number of carboxylic acids is 1. The number of hydrogen-bond acceptors (Lipinski definition) is 3. The van der Waals surface area contributed by atoms with Crippen molar-refractivity contribution in [1.82, 2.24) is 0 Å². The second-order valence-electron chi connectivity index (χ2n) is 10.6. The minimum atomic E-state index is -1.77. The molecule has 0 bridgehead atoms. The second-order valence-corrected chi connectivity index (χ2v) is 10.6. The molecule has 30 heavy (non-hydrogen) atoms. The Morgan fingerprint density at radius 3 is 1.53 bits per heavy atom. The highest BCUT2D eigenvalue weighted by Gasteiger charge is 2.42. The van der Waals surface area contributed by atoms with Gasteiger partial charge in [-0.1, -0.05) is 90.9 Å². The van der Waals surface area contributed by atoms with Crippen molar-refractivity contribution in [2.75, 3.05) is 27.7 Å². The van der Waals surface area contributed by atoms with Crippen molar-refractivity contribution in [3.8, 4) is 0 Å². The second kappa shape index (κ2) is 15.8. The maximum absolute atomic E-state index is 12.5. The Balaban J connectivity index is 3.77. The van der Waals surface area contributed by atoms with E-state index < -0.39 is 18.0 Å². The van der Waals surface area contributed by atoms with Crippen LogP contribution in [-0.2, 0) is 9.59 Å². The number of carboxylic acid groups (broad SMARTS) is 1. The summed E-state index contributed by atoms with van der Waals surface area (Å²) in [6, 6.07) is 0. The molecule has 2 N–H and O–H groups in total. The molecular weight excluding hydrogens is 378 g/mol. The predicted molar refractivity (Wildman–Crippen MR) is 125 cm³/mol. The van der Waals surface area contributed by atoms with Crippen LogP contribution in [0.15, 0.2) is 0 Å². The summed E-state index contributed by atoms with van der Waals surface area (Å²) < 4.78 is 0.355. The summed E-state index contributed by atoms with van der Waals surface area (Å²) in [5.74, 6) is -0.622. The monoisotopic (exact) mass is 428 g/mol. The number of rotatable bonds is 20. The zero-order valence-corrected chi connectivity index (χ0v) is 20.5. The topological polar surface area (TPSA) is 74.6 Å². The van der Waals surface area contributed by atoms with Gasteiger partial charge in [0.2, 0.25) is 0 Å². The van der Waals surface area contributed by atoms with Gasteiger partial charge < -0.3 is 14.7 Å². The van der Waals surface area contributed by atoms with Gasteiger partial charge in [0.25, 0.3) is 0 Å². The summed E-state index contributed by atoms with van der Waals surface area (Å²) in [4.78, 5) is 23.6. The SMILES string of the molecule is CC(C)CCCCCCCCCCCCCCC(=O)C(O)(CC(=O)O)C[N+](C)(C)C. The number of carbonyl (C=O) groups is 2. The molecule has 0 aromatic rings. The van der Waals surface area contributed by atoms with Crippen molar-refractivity contribution < 1.29 is 24.3 Å². The molecule has 178 valence electrons. The third-order valence-electron chi connectivity index (χ3n) is 5.63. The first-order chi connectivity index (χ1) is 14.0. The van der Waals surface area contributed by atoms with Crippen molar-refractivity contribution in [2.45, 2.75) is 116 Å². The molecule has 5 heteroatoms. The molecule has 0 saturated heterocycles. The fraction of sp³-hybridized carbons (Fsp3) is 0.920. The summed E-state index contributed by atoms with van der Waals surface area (Å²) in [7, 11) is 5.56. The van der Waals surface area contributed by atoms with Gasteiger partial charge >= 0.3 is 5.97 Å². The van der Waals surface area contributed by atoms with E-state index >= 15 is 0 Å². The number of Topliss-reactive ketones (excluding diaryl/α,β-unsaturated/α-hetero) is 1. The molecular formula is C25H50NO4+. The van der Waals surface area contributed by atoms with Crippen LogP contribution in [0.25, 0.3) is 0 Å². The third kappa shape index (κ3) is 16.8. The lowest BCUT2D eigenvalue weighted by molar-refractivity contribution is -0.875. The van der Waals surface area contributed by atoms with E-state index in [9.17, 15) is 14.7 Å². The molecule has 0 aliphatic heterocycles. The molecule has 0 saturated carbocycles. The maximum atomic E-state index is 12.5. The number of quaternary nitrogens is 1. The lowest BCUT2D eigenvalue weighted by Gasteiger charge is -2.33. The molecule has 0 spiro atoms. The average molecular weight is 429 g/mol. The van der Waals surface area contributed by atoms with Crippen LogP contribution in [-0.4, -0.2) is 59.7 Å². The van der Waals surface area contributed by atoms with E-state index in [1.165, 1.54) is 64.2 Å². The van der Waals surface area contributed by atoms with E-state index in [4.69, 9.17) is 5.11 Å². The van der Waals surface area contributed by atoms with Crippen LogP contribution < -0.4 is 0 Å². The predicted octanol–water partition coefficient (Wildman–Crippen LogP) is 5.58. The van der Waals surface area contributed by atoms with Gasteiger partial charge in [-0.15, -0.1) is 0 Å². The van der Waals surface area contributed by atoms with Crippen molar-refractivity contribution in [2.24, 2.45) is 5.92 Å². The van der Waals surface area contributed by atoms with Crippen LogP contribution in [0.3, 0.4) is 0 Å². The summed E-state index contributed by atoms with van der Waals surface area (Å²) >= 11 is 0. The molecule has 1 unspecified atom stereocenters. The van der Waals surface area contributed by atoms with Gasteiger partial charge in [0.05, 0.1) is 27.6 Å². The van der Waals surface area contributed by atoms with Gasteiger partial charge in [0, 0.05) is 6.42 Å². The summed E-state index contributed by atoms with van der Waals surface area (Å²) in [6.45, 7) is 4.71. The van der Waals surface area contributed by atoms with Crippen LogP contribution in [0.5, 0.6) is 0 Å². The van der Waals surface area contributed by atoms with Crippen LogP contribution >= 0.6 is 0 Å². The van der Waals surface area contributed by atoms with Crippen LogP contribution in [0.2, 0.25) is 0 Å². The lowest BCUT2D eigenvalue weighted by Crippen LogP contribution is -2.54. The molecule has 0 rings (SSSR count). The number of unbranched alkanes of at least 4 members (excludes halogenated alkanes) is 11. The van der Waals surface area contributed by atoms with Crippen molar-refractivity contribution >= 4 is 11.8 Å². The van der Waals surface area contributed by atoms with E-state index in [2.05, 4.69) is 13.8 Å². The van der Waals surface area contributed by atoms with Gasteiger partial charge in [-0.05, 0) is 12.3 Å². The lowest BCUT2D eigenvalue weighted by atomic mass is 9.89. The highest BCUT2D eigenvalue weighted by atomic mass is 16.4. The molecule has 5 nitrogen and oxygen atoms in total. The molecule has 0 amide bonds. The Bertz CT molecular complexity index is 470. The van der Waals surface area contributed by atoms with Crippen LogP contribution in [0.1, 0.15) is 110 Å². The molecule has 0 aliphatic rings. The number of likely N-dealkylation sites (N-methyl/N-ethyl adjacent to an activating group) is 1. The molecule has 0 heterocycles. The van der Waals surface area contributed by atoms with E-state index in [1.54, 1.807) is 0 Å². The zero-order valence-electron chi connectivity index (χ0n) is 20.5. The molecule has 1 atom stereocenters. The van der Waals surface area contributed by atoms with Crippen molar-refractivity contribution in [3.05, 3.63) is 0 Å². The fourth-order valence-electron chi connectivity index (χ4n) is 4.12. The number of ketones is 1. The van der Waals surface area contributed by atoms with E-state index in [0.29, 0.717) is 4.48 Å². The molecule has 0 aromatic carbocycles. The molecule has 0 radical (unpaired) electrons. The van der Waals surface area contributed by atoms with Gasteiger partial charge in [0.15, 0.2) is 11.4 Å². The first-order valence-corrected chi connectivity index (χ1v) is 12.2. The minimum absolute atomic E-state index is 0.121. The normalized spacial score (nSPS) is 14.1. The van der Waals surface area contributed by atoms with E-state index in [-0.39, 0.29) is 18.7 Å². The quantitative estimate of drug-likeness (QED) is 0.196. The summed E-state index contributed by atoms with van der Waals surface area (Å²) in [5, 5.41) is 19.7.